The van der Waals surface area contributed by atoms with E-state index < -0.39 is 23.7 Å². The van der Waals surface area contributed by atoms with Crippen LogP contribution in [0.1, 0.15) is 12.5 Å². The Balaban J connectivity index is 2.06. The number of para-hydroxylation sites is 1. The Hall–Kier alpha value is -3.20. The number of nitrogens with one attached hydrogen (secondary N) is 1. The van der Waals surface area contributed by atoms with E-state index in [4.69, 9.17) is 9.47 Å². The van der Waals surface area contributed by atoms with Crippen LogP contribution in [0.3, 0.4) is 0 Å². The van der Waals surface area contributed by atoms with Crippen molar-refractivity contribution in [1.29, 1.82) is 0 Å². The summed E-state index contributed by atoms with van der Waals surface area (Å²) in [7, 11) is 1.48. The Morgan fingerprint density at radius 1 is 1.21 bits per heavy atom. The highest BCUT2D eigenvalue weighted by Gasteiger charge is 2.38. The van der Waals surface area contributed by atoms with Crippen LogP contribution in [0.25, 0.3) is 6.08 Å². The molecular formula is C20H16BrFN2O5. The molecule has 1 fully saturated rings. The van der Waals surface area contributed by atoms with Gasteiger partial charge in [0.05, 0.1) is 23.9 Å². The molecule has 0 aromatic heterocycles. The highest BCUT2D eigenvalue weighted by atomic mass is 79.9. The quantitative estimate of drug-likeness (QED) is 0.541. The summed E-state index contributed by atoms with van der Waals surface area (Å²) in [6, 6.07) is 7.49. The molecule has 0 saturated carbocycles. The number of imide groups is 2. The zero-order valence-electron chi connectivity index (χ0n) is 15.5. The Kier molecular flexibility index (Phi) is 5.97. The predicted octanol–water partition coefficient (Wildman–Crippen LogP) is 3.66. The minimum Gasteiger partial charge on any atom is -0.492 e. The topological polar surface area (TPSA) is 84.9 Å². The van der Waals surface area contributed by atoms with Crippen LogP contribution in [0, 0.1) is 5.82 Å². The highest BCUT2D eigenvalue weighted by molar-refractivity contribution is 9.10. The first-order valence-electron chi connectivity index (χ1n) is 8.53. The average molecular weight is 463 g/mol. The molecule has 4 amide bonds. The lowest BCUT2D eigenvalue weighted by Crippen LogP contribution is -2.54. The van der Waals surface area contributed by atoms with Gasteiger partial charge >= 0.3 is 6.03 Å². The molecule has 1 heterocycles. The van der Waals surface area contributed by atoms with Gasteiger partial charge in [0, 0.05) is 0 Å². The van der Waals surface area contributed by atoms with Crippen molar-refractivity contribution in [3.8, 4) is 11.5 Å². The first-order chi connectivity index (χ1) is 13.9. The number of hydrogen-bond donors (Lipinski definition) is 1. The van der Waals surface area contributed by atoms with Crippen molar-refractivity contribution in [1.82, 2.24) is 5.32 Å². The number of ether oxygens (including phenoxy) is 2. The standard InChI is InChI=1S/C20H16BrFN2O5/c1-3-29-16-10-11(9-13(21)17(16)28-2)8-12-18(25)23-20(27)24(19(12)26)15-7-5-4-6-14(15)22/h4-10H,3H2,1-2H3,(H,23,25,27)/b12-8-. The van der Waals surface area contributed by atoms with Crippen molar-refractivity contribution in [3.05, 3.63) is 57.8 Å². The molecular weight excluding hydrogens is 447 g/mol. The number of methoxy groups -OCH3 is 1. The third kappa shape index (κ3) is 4.00. The Morgan fingerprint density at radius 3 is 2.59 bits per heavy atom. The normalized spacial score (nSPS) is 15.5. The molecule has 2 aromatic rings. The van der Waals surface area contributed by atoms with E-state index in [1.165, 1.54) is 31.4 Å². The molecule has 1 aliphatic rings. The Bertz CT molecular complexity index is 1040. The zero-order chi connectivity index (χ0) is 21.1. The summed E-state index contributed by atoms with van der Waals surface area (Å²) in [5.74, 6) is -1.72. The van der Waals surface area contributed by atoms with E-state index in [1.807, 2.05) is 0 Å². The number of carbonyl (C=O) groups excluding carboxylic acids is 3. The number of nitrogens with zero attached hydrogens (tertiary/aromatic N) is 1. The molecule has 29 heavy (non-hydrogen) atoms. The van der Waals surface area contributed by atoms with Crippen molar-refractivity contribution in [3.63, 3.8) is 0 Å². The average Bonchev–Trinajstić information content (AvgIpc) is 2.67. The third-order valence-electron chi connectivity index (χ3n) is 4.04. The summed E-state index contributed by atoms with van der Waals surface area (Å²) >= 11 is 3.36. The molecule has 0 radical (unpaired) electrons. The maximum Gasteiger partial charge on any atom is 0.336 e. The van der Waals surface area contributed by atoms with Crippen LogP contribution in [0.15, 0.2) is 46.4 Å². The van der Waals surface area contributed by atoms with Gasteiger partial charge in [0.2, 0.25) is 0 Å². The van der Waals surface area contributed by atoms with Gasteiger partial charge in [-0.2, -0.15) is 0 Å². The number of barbiturate groups is 1. The molecule has 1 saturated heterocycles. The molecule has 3 rings (SSSR count). The van der Waals surface area contributed by atoms with E-state index in [0.717, 1.165) is 6.07 Å². The molecule has 0 atom stereocenters. The second-order valence-corrected chi connectivity index (χ2v) is 6.73. The molecule has 1 aliphatic heterocycles. The fourth-order valence-corrected chi connectivity index (χ4v) is 3.43. The zero-order valence-corrected chi connectivity index (χ0v) is 17.1. The van der Waals surface area contributed by atoms with E-state index in [0.29, 0.717) is 33.0 Å². The van der Waals surface area contributed by atoms with Gasteiger partial charge in [-0.05, 0) is 58.8 Å². The second-order valence-electron chi connectivity index (χ2n) is 5.88. The Morgan fingerprint density at radius 2 is 1.93 bits per heavy atom. The van der Waals surface area contributed by atoms with E-state index in [1.54, 1.807) is 19.1 Å². The number of carbonyl (C=O) groups is 3. The summed E-state index contributed by atoms with van der Waals surface area (Å²) in [5, 5.41) is 2.06. The van der Waals surface area contributed by atoms with Crippen molar-refractivity contribution in [2.75, 3.05) is 18.6 Å². The monoisotopic (exact) mass is 462 g/mol. The maximum absolute atomic E-state index is 14.1. The van der Waals surface area contributed by atoms with Gasteiger partial charge in [-0.3, -0.25) is 14.9 Å². The summed E-state index contributed by atoms with van der Waals surface area (Å²) < 4.78 is 25.5. The fraction of sp³-hybridized carbons (Fsp3) is 0.150. The first kappa shape index (κ1) is 20.5. The number of hydrogen-bond acceptors (Lipinski definition) is 5. The van der Waals surface area contributed by atoms with E-state index in [-0.39, 0.29) is 11.3 Å². The van der Waals surface area contributed by atoms with Gasteiger partial charge in [0.15, 0.2) is 11.5 Å². The number of anilines is 1. The number of urea groups is 1. The minimum atomic E-state index is -1.02. The minimum absolute atomic E-state index is 0.251. The van der Waals surface area contributed by atoms with E-state index >= 15 is 0 Å². The molecule has 2 aromatic carbocycles. The van der Waals surface area contributed by atoms with Crippen molar-refractivity contribution >= 4 is 45.5 Å². The predicted molar refractivity (Wildman–Crippen MR) is 107 cm³/mol. The highest BCUT2D eigenvalue weighted by Crippen LogP contribution is 2.37. The molecule has 9 heteroatoms. The van der Waals surface area contributed by atoms with Crippen LogP contribution in [0.4, 0.5) is 14.9 Å². The van der Waals surface area contributed by atoms with Crippen molar-refractivity contribution in [2.45, 2.75) is 6.92 Å². The van der Waals surface area contributed by atoms with Gasteiger partial charge < -0.3 is 9.47 Å². The number of rotatable bonds is 5. The summed E-state index contributed by atoms with van der Waals surface area (Å²) in [6.07, 6.45) is 1.30. The Labute approximate surface area is 174 Å². The van der Waals surface area contributed by atoms with E-state index in [9.17, 15) is 18.8 Å². The molecule has 0 bridgehead atoms. The van der Waals surface area contributed by atoms with Crippen LogP contribution >= 0.6 is 15.9 Å². The van der Waals surface area contributed by atoms with Crippen molar-refractivity contribution in [2.24, 2.45) is 0 Å². The van der Waals surface area contributed by atoms with Crippen LogP contribution in [-0.2, 0) is 9.59 Å². The number of benzene rings is 2. The SMILES string of the molecule is CCOc1cc(/C=C2/C(=O)NC(=O)N(c3ccccc3F)C2=O)cc(Br)c1OC. The van der Waals surface area contributed by atoms with Gasteiger partial charge in [-0.1, -0.05) is 12.1 Å². The lowest BCUT2D eigenvalue weighted by Gasteiger charge is -2.26. The van der Waals surface area contributed by atoms with Crippen LogP contribution in [-0.4, -0.2) is 31.6 Å². The van der Waals surface area contributed by atoms with Gasteiger partial charge in [-0.25, -0.2) is 14.1 Å². The molecule has 7 nitrogen and oxygen atoms in total. The van der Waals surface area contributed by atoms with Gasteiger partial charge in [-0.15, -0.1) is 0 Å². The fourth-order valence-electron chi connectivity index (χ4n) is 2.81. The van der Waals surface area contributed by atoms with E-state index in [2.05, 4.69) is 21.2 Å². The smallest absolute Gasteiger partial charge is 0.336 e. The first-order valence-corrected chi connectivity index (χ1v) is 9.33. The van der Waals surface area contributed by atoms with Crippen LogP contribution in [0.5, 0.6) is 11.5 Å². The van der Waals surface area contributed by atoms with Crippen LogP contribution < -0.4 is 19.7 Å². The number of amides is 4. The lowest BCUT2D eigenvalue weighted by molar-refractivity contribution is -0.122. The molecule has 0 spiro atoms. The third-order valence-corrected chi connectivity index (χ3v) is 4.63. The summed E-state index contributed by atoms with van der Waals surface area (Å²) in [4.78, 5) is 37.9. The lowest BCUT2D eigenvalue weighted by atomic mass is 10.1. The summed E-state index contributed by atoms with van der Waals surface area (Å²) in [5.41, 5.74) is -0.130. The number of halogens is 2. The second kappa shape index (κ2) is 8.44. The molecule has 0 unspecified atom stereocenters. The van der Waals surface area contributed by atoms with Crippen LogP contribution in [0.2, 0.25) is 0 Å². The maximum atomic E-state index is 14.1. The largest absolute Gasteiger partial charge is 0.492 e. The van der Waals surface area contributed by atoms with Gasteiger partial charge in [0.25, 0.3) is 11.8 Å². The van der Waals surface area contributed by atoms with Gasteiger partial charge in [0.1, 0.15) is 11.4 Å². The molecule has 1 N–H and O–H groups in total. The molecule has 150 valence electrons. The molecule has 0 aliphatic carbocycles. The summed E-state index contributed by atoms with van der Waals surface area (Å²) in [6.45, 7) is 2.17. The van der Waals surface area contributed by atoms with Crippen molar-refractivity contribution < 1.29 is 28.2 Å².